The predicted molar refractivity (Wildman–Crippen MR) is 111 cm³/mol. The van der Waals surface area contributed by atoms with Crippen LogP contribution in [0.4, 0.5) is 5.69 Å². The average Bonchev–Trinajstić information content (AvgIpc) is 3.19. The van der Waals surface area contributed by atoms with Crippen LogP contribution in [0.2, 0.25) is 5.02 Å². The van der Waals surface area contributed by atoms with E-state index in [2.05, 4.69) is 10.3 Å². The zero-order chi connectivity index (χ0) is 22.4. The molecular weight excluding hydrogens is 412 g/mol. The molecule has 2 unspecified atom stereocenters. The molecule has 2 aromatic rings. The van der Waals surface area contributed by atoms with Gasteiger partial charge >= 0.3 is 0 Å². The van der Waals surface area contributed by atoms with Gasteiger partial charge < -0.3 is 14.6 Å². The second-order valence-electron chi connectivity index (χ2n) is 7.02. The highest BCUT2D eigenvalue weighted by Crippen LogP contribution is 2.25. The first kappa shape index (κ1) is 23.3. The molecular formula is C20H25ClN4O5. The number of nitrogens with one attached hydrogen (secondary N) is 1. The summed E-state index contributed by atoms with van der Waals surface area (Å²) in [5.74, 6) is -0.553. The Morgan fingerprint density at radius 2 is 2.00 bits per heavy atom. The van der Waals surface area contributed by atoms with Crippen LogP contribution in [-0.4, -0.2) is 38.7 Å². The third-order valence-corrected chi connectivity index (χ3v) is 5.17. The summed E-state index contributed by atoms with van der Waals surface area (Å²) in [6.45, 7) is 7.64. The number of benzene rings is 1. The van der Waals surface area contributed by atoms with Crippen LogP contribution in [0, 0.1) is 10.1 Å². The molecule has 0 radical (unpaired) electrons. The van der Waals surface area contributed by atoms with Gasteiger partial charge in [0.05, 0.1) is 22.1 Å². The lowest BCUT2D eigenvalue weighted by Gasteiger charge is -2.27. The third kappa shape index (κ3) is 5.56. The van der Waals surface area contributed by atoms with E-state index in [4.69, 9.17) is 16.0 Å². The summed E-state index contributed by atoms with van der Waals surface area (Å²) in [5.41, 5.74) is 0.0791. The van der Waals surface area contributed by atoms with E-state index < -0.39 is 10.8 Å². The molecule has 0 aliphatic heterocycles. The minimum absolute atomic E-state index is 0.000110. The zero-order valence-electron chi connectivity index (χ0n) is 17.3. The smallest absolute Gasteiger partial charge is 0.273 e. The minimum Gasteiger partial charge on any atom is -0.446 e. The summed E-state index contributed by atoms with van der Waals surface area (Å²) in [6.07, 6.45) is 2.69. The van der Waals surface area contributed by atoms with E-state index in [1.807, 2.05) is 27.7 Å². The lowest BCUT2D eigenvalue weighted by atomic mass is 10.1. The second-order valence-corrected chi connectivity index (χ2v) is 7.43. The average molecular weight is 437 g/mol. The van der Waals surface area contributed by atoms with E-state index in [0.717, 1.165) is 12.5 Å². The van der Waals surface area contributed by atoms with Crippen LogP contribution >= 0.6 is 11.6 Å². The Bertz CT molecular complexity index is 930. The van der Waals surface area contributed by atoms with E-state index in [0.29, 0.717) is 6.42 Å². The van der Waals surface area contributed by atoms with Gasteiger partial charge in [-0.2, -0.15) is 0 Å². The minimum atomic E-state index is -0.578. The number of non-ortho nitro benzene ring substituents is 1. The molecule has 0 spiro atoms. The number of carbonyl (C=O) groups excluding carboxylic acids is 2. The maximum atomic E-state index is 13.1. The van der Waals surface area contributed by atoms with Gasteiger partial charge in [-0.05, 0) is 32.8 Å². The van der Waals surface area contributed by atoms with Crippen molar-refractivity contribution in [1.82, 2.24) is 15.2 Å². The van der Waals surface area contributed by atoms with Gasteiger partial charge in [-0.3, -0.25) is 19.7 Å². The summed E-state index contributed by atoms with van der Waals surface area (Å²) in [6, 6.07) is 3.52. The summed E-state index contributed by atoms with van der Waals surface area (Å²) in [4.78, 5) is 41.3. The topological polar surface area (TPSA) is 119 Å². The lowest BCUT2D eigenvalue weighted by Crippen LogP contribution is -2.38. The molecule has 0 saturated carbocycles. The highest BCUT2D eigenvalue weighted by Gasteiger charge is 2.26. The van der Waals surface area contributed by atoms with Crippen molar-refractivity contribution in [1.29, 1.82) is 0 Å². The summed E-state index contributed by atoms with van der Waals surface area (Å²) in [5, 5.41) is 13.7. The Kier molecular flexibility index (Phi) is 7.93. The number of nitro benzene ring substituents is 1. The fraction of sp³-hybridized carbons (Fsp3) is 0.450. The van der Waals surface area contributed by atoms with Gasteiger partial charge in [0.2, 0.25) is 5.89 Å². The highest BCUT2D eigenvalue weighted by atomic mass is 35.5. The first-order chi connectivity index (χ1) is 14.2. The molecule has 0 fully saturated rings. The Balaban J connectivity index is 2.24. The molecule has 2 amide bonds. The van der Waals surface area contributed by atoms with Crippen LogP contribution in [0.25, 0.3) is 0 Å². The Hall–Kier alpha value is -2.94. The van der Waals surface area contributed by atoms with Gasteiger partial charge in [-0.15, -0.1) is 0 Å². The summed E-state index contributed by atoms with van der Waals surface area (Å²) < 4.78 is 5.40. The van der Waals surface area contributed by atoms with Gasteiger partial charge in [0, 0.05) is 24.2 Å². The van der Waals surface area contributed by atoms with Crippen LogP contribution in [-0.2, 0) is 6.54 Å². The molecule has 2 atom stereocenters. The molecule has 0 aliphatic rings. The number of hydrogen-bond donors (Lipinski definition) is 1. The summed E-state index contributed by atoms with van der Waals surface area (Å²) in [7, 11) is 0. The number of amides is 2. The molecule has 0 aliphatic carbocycles. The molecule has 1 N–H and O–H groups in total. The standard InChI is InChI=1S/C20H25ClN4O5/c1-5-12(3)22-19(26)17-11-30-18(23-17)10-24(13(4)6-2)20(27)15-8-7-14(25(28)29)9-16(15)21/h7-9,11-13H,5-6,10H2,1-4H3,(H,22,26). The van der Waals surface area contributed by atoms with Gasteiger partial charge in [0.1, 0.15) is 6.26 Å². The number of carbonyl (C=O) groups is 2. The third-order valence-electron chi connectivity index (χ3n) is 4.86. The van der Waals surface area contributed by atoms with Crippen LogP contribution in [0.15, 0.2) is 28.9 Å². The van der Waals surface area contributed by atoms with Gasteiger partial charge in [-0.25, -0.2) is 4.98 Å². The number of nitro groups is 1. The van der Waals surface area contributed by atoms with Crippen LogP contribution in [0.5, 0.6) is 0 Å². The lowest BCUT2D eigenvalue weighted by molar-refractivity contribution is -0.384. The van der Waals surface area contributed by atoms with Crippen molar-refractivity contribution in [3.05, 3.63) is 56.7 Å². The molecule has 1 aromatic carbocycles. The largest absolute Gasteiger partial charge is 0.446 e. The Labute approximate surface area is 179 Å². The van der Waals surface area contributed by atoms with Gasteiger partial charge in [0.15, 0.2) is 5.69 Å². The highest BCUT2D eigenvalue weighted by molar-refractivity contribution is 6.34. The van der Waals surface area contributed by atoms with E-state index >= 15 is 0 Å². The van der Waals surface area contributed by atoms with Crippen molar-refractivity contribution >= 4 is 29.1 Å². The Morgan fingerprint density at radius 3 is 2.57 bits per heavy atom. The molecule has 162 valence electrons. The van der Waals surface area contributed by atoms with Crippen LogP contribution in [0.3, 0.4) is 0 Å². The van der Waals surface area contributed by atoms with Crippen molar-refractivity contribution in [2.45, 2.75) is 59.2 Å². The quantitative estimate of drug-likeness (QED) is 0.464. The zero-order valence-corrected chi connectivity index (χ0v) is 18.1. The fourth-order valence-corrected chi connectivity index (χ4v) is 2.88. The fourth-order valence-electron chi connectivity index (χ4n) is 2.63. The second kappa shape index (κ2) is 10.2. The number of nitrogens with zero attached hydrogens (tertiary/aromatic N) is 3. The SMILES string of the molecule is CCC(C)NC(=O)c1coc(CN(C(=O)c2ccc([N+](=O)[O-])cc2Cl)C(C)CC)n1. The molecule has 2 rings (SSSR count). The molecule has 0 saturated heterocycles. The Morgan fingerprint density at radius 1 is 1.30 bits per heavy atom. The number of hydrogen-bond acceptors (Lipinski definition) is 6. The summed E-state index contributed by atoms with van der Waals surface area (Å²) >= 11 is 6.13. The number of halogens is 1. The molecule has 0 bridgehead atoms. The maximum Gasteiger partial charge on any atom is 0.273 e. The number of rotatable bonds is 9. The maximum absolute atomic E-state index is 13.1. The van der Waals surface area contributed by atoms with Crippen molar-refractivity contribution < 1.29 is 18.9 Å². The van der Waals surface area contributed by atoms with E-state index in [1.54, 1.807) is 0 Å². The number of oxazole rings is 1. The first-order valence-electron chi connectivity index (χ1n) is 9.68. The van der Waals surface area contributed by atoms with Gasteiger partial charge in [-0.1, -0.05) is 25.4 Å². The number of aromatic nitrogens is 1. The monoisotopic (exact) mass is 436 g/mol. The van der Waals surface area contributed by atoms with Crippen LogP contribution < -0.4 is 5.32 Å². The van der Waals surface area contributed by atoms with E-state index in [9.17, 15) is 19.7 Å². The molecule has 9 nitrogen and oxygen atoms in total. The van der Waals surface area contributed by atoms with E-state index in [-0.39, 0.29) is 52.4 Å². The van der Waals surface area contributed by atoms with Crippen molar-refractivity contribution in [3.8, 4) is 0 Å². The molecule has 1 aromatic heterocycles. The van der Waals surface area contributed by atoms with Crippen molar-refractivity contribution in [2.75, 3.05) is 0 Å². The molecule has 1 heterocycles. The molecule has 10 heteroatoms. The normalized spacial score (nSPS) is 12.8. The van der Waals surface area contributed by atoms with Crippen molar-refractivity contribution in [2.24, 2.45) is 0 Å². The van der Waals surface area contributed by atoms with Gasteiger partial charge in [0.25, 0.3) is 17.5 Å². The first-order valence-corrected chi connectivity index (χ1v) is 10.1. The van der Waals surface area contributed by atoms with Crippen molar-refractivity contribution in [3.63, 3.8) is 0 Å². The van der Waals surface area contributed by atoms with Crippen LogP contribution in [0.1, 0.15) is 67.3 Å². The molecule has 30 heavy (non-hydrogen) atoms. The predicted octanol–water partition coefficient (Wildman–Crippen LogP) is 4.21. The van der Waals surface area contributed by atoms with E-state index in [1.165, 1.54) is 23.3 Å².